The van der Waals surface area contributed by atoms with Crippen molar-refractivity contribution in [3.05, 3.63) is 69.8 Å². The van der Waals surface area contributed by atoms with Crippen molar-refractivity contribution >= 4 is 45.5 Å². The lowest BCUT2D eigenvalue weighted by molar-refractivity contribution is -0.384. The van der Waals surface area contributed by atoms with Gasteiger partial charge < -0.3 is 9.47 Å². The molecule has 0 radical (unpaired) electrons. The Hall–Kier alpha value is -3.99. The predicted octanol–water partition coefficient (Wildman–Crippen LogP) is 4.08. The van der Waals surface area contributed by atoms with Gasteiger partial charge in [0.1, 0.15) is 29.8 Å². The van der Waals surface area contributed by atoms with Crippen molar-refractivity contribution in [2.75, 3.05) is 13.2 Å². The summed E-state index contributed by atoms with van der Waals surface area (Å²) in [5, 5.41) is 25.9. The van der Waals surface area contributed by atoms with E-state index in [1.807, 2.05) is 6.92 Å². The molecule has 11 heteroatoms. The van der Waals surface area contributed by atoms with Gasteiger partial charge in [-0.2, -0.15) is 15.1 Å². The molecule has 1 N–H and O–H groups in total. The average Bonchev–Trinajstić information content (AvgIpc) is 3.24. The second kappa shape index (κ2) is 9.65. The molecule has 2 aromatic rings. The van der Waals surface area contributed by atoms with Crippen molar-refractivity contribution < 1.29 is 19.2 Å². The van der Waals surface area contributed by atoms with Crippen molar-refractivity contribution in [3.63, 3.8) is 0 Å². The monoisotopic (exact) mass is 465 g/mol. The topological polar surface area (TPSA) is 130 Å². The summed E-state index contributed by atoms with van der Waals surface area (Å²) >= 11 is 1.31. The molecule has 2 aliphatic rings. The average molecular weight is 465 g/mol. The third kappa shape index (κ3) is 5.09. The highest BCUT2D eigenvalue weighted by Gasteiger charge is 2.35. The zero-order valence-electron chi connectivity index (χ0n) is 17.6. The number of amides is 1. The number of non-ortho nitro benzene ring substituents is 1. The van der Waals surface area contributed by atoms with Crippen molar-refractivity contribution in [3.8, 4) is 11.5 Å². The number of hydrogen-bond acceptors (Lipinski definition) is 8. The Morgan fingerprint density at radius 3 is 2.27 bits per heavy atom. The summed E-state index contributed by atoms with van der Waals surface area (Å²) in [6.45, 7) is 2.50. The number of ether oxygens (including phenoxy) is 2. The molecule has 168 valence electrons. The molecule has 1 amide bonds. The van der Waals surface area contributed by atoms with Crippen molar-refractivity contribution in [1.82, 2.24) is 5.01 Å². The molecule has 4 rings (SSSR count). The first kappa shape index (κ1) is 22.2. The number of nitro groups is 1. The fourth-order valence-electron chi connectivity index (χ4n) is 2.98. The van der Waals surface area contributed by atoms with Gasteiger partial charge in [-0.05, 0) is 54.1 Å². The van der Waals surface area contributed by atoms with Crippen LogP contribution in [0.2, 0.25) is 0 Å². The van der Waals surface area contributed by atoms with Gasteiger partial charge in [0.05, 0.1) is 10.5 Å². The molecule has 0 spiro atoms. The standard InChI is InChI=1S/C22H19N5O5S/c1-2-19-25-26-20(23)18(21(28)24-22(26)33-19)13-14-3-7-16(8-4-14)31-11-12-32-17-9-5-15(6-10-17)27(29)30/h3-10,13,23H,2,11-12H2,1H3/b18-13+,23-20?. The lowest BCUT2D eigenvalue weighted by atomic mass is 10.1. The molecular weight excluding hydrogens is 446 g/mol. The summed E-state index contributed by atoms with van der Waals surface area (Å²) in [6.07, 6.45) is 2.32. The van der Waals surface area contributed by atoms with Crippen molar-refractivity contribution in [1.29, 1.82) is 5.41 Å². The van der Waals surface area contributed by atoms with Crippen LogP contribution in [0.3, 0.4) is 0 Å². The van der Waals surface area contributed by atoms with Gasteiger partial charge in [0, 0.05) is 12.1 Å². The van der Waals surface area contributed by atoms with E-state index in [0.717, 1.165) is 10.6 Å². The van der Waals surface area contributed by atoms with Crippen molar-refractivity contribution in [2.45, 2.75) is 13.3 Å². The number of amidine groups is 2. The Balaban J connectivity index is 1.32. The number of fused-ring (bicyclic) bond motifs is 1. The van der Waals surface area contributed by atoms with E-state index in [2.05, 4.69) is 10.1 Å². The van der Waals surface area contributed by atoms with E-state index >= 15 is 0 Å². The lowest BCUT2D eigenvalue weighted by Gasteiger charge is -2.20. The van der Waals surface area contributed by atoms with Crippen LogP contribution < -0.4 is 9.47 Å². The lowest BCUT2D eigenvalue weighted by Crippen LogP contribution is -2.35. The number of nitrogens with one attached hydrogen (secondary N) is 1. The van der Waals surface area contributed by atoms with Crippen LogP contribution in [-0.4, -0.2) is 45.1 Å². The second-order valence-corrected chi connectivity index (χ2v) is 7.92. The molecular formula is C22H19N5O5S. The van der Waals surface area contributed by atoms with Gasteiger partial charge >= 0.3 is 0 Å². The molecule has 0 saturated heterocycles. The zero-order valence-corrected chi connectivity index (χ0v) is 18.4. The number of rotatable bonds is 8. The van der Waals surface area contributed by atoms with Gasteiger partial charge in [0.2, 0.25) is 5.17 Å². The first-order valence-electron chi connectivity index (χ1n) is 10.0. The molecule has 2 aliphatic heterocycles. The second-order valence-electron chi connectivity index (χ2n) is 6.88. The maximum atomic E-state index is 12.4. The molecule has 33 heavy (non-hydrogen) atoms. The number of hydrazone groups is 1. The third-order valence-corrected chi connectivity index (χ3v) is 5.71. The van der Waals surface area contributed by atoms with Crippen LogP contribution in [0.5, 0.6) is 11.5 Å². The molecule has 0 fully saturated rings. The zero-order chi connectivity index (χ0) is 23.4. The van der Waals surface area contributed by atoms with Gasteiger partial charge in [-0.15, -0.1) is 0 Å². The van der Waals surface area contributed by atoms with E-state index in [9.17, 15) is 14.9 Å². The van der Waals surface area contributed by atoms with Crippen LogP contribution in [0.1, 0.15) is 18.9 Å². The normalized spacial score (nSPS) is 16.4. The van der Waals surface area contributed by atoms with Crippen LogP contribution in [-0.2, 0) is 4.79 Å². The minimum atomic E-state index is -0.467. The van der Waals surface area contributed by atoms with Crippen LogP contribution >= 0.6 is 11.8 Å². The van der Waals surface area contributed by atoms with Gasteiger partial charge in [0.25, 0.3) is 11.6 Å². The van der Waals surface area contributed by atoms with Gasteiger partial charge in [-0.25, -0.2) is 0 Å². The Kier molecular flexibility index (Phi) is 6.50. The van der Waals surface area contributed by atoms with E-state index < -0.39 is 10.8 Å². The smallest absolute Gasteiger partial charge is 0.283 e. The van der Waals surface area contributed by atoms with E-state index in [1.54, 1.807) is 30.3 Å². The highest BCUT2D eigenvalue weighted by atomic mass is 32.2. The number of aliphatic imine (C=N–C) groups is 1. The van der Waals surface area contributed by atoms with E-state index in [4.69, 9.17) is 14.9 Å². The number of carbonyl (C=O) groups excluding carboxylic acids is 1. The summed E-state index contributed by atoms with van der Waals surface area (Å²) in [6, 6.07) is 12.9. The summed E-state index contributed by atoms with van der Waals surface area (Å²) in [5.41, 5.74) is 0.900. The van der Waals surface area contributed by atoms with Crippen molar-refractivity contribution in [2.24, 2.45) is 10.1 Å². The molecule has 0 bridgehead atoms. The van der Waals surface area contributed by atoms with Gasteiger partial charge in [-0.3, -0.25) is 20.3 Å². The first-order chi connectivity index (χ1) is 15.9. The summed E-state index contributed by atoms with van der Waals surface area (Å²) in [7, 11) is 0. The first-order valence-corrected chi connectivity index (χ1v) is 10.9. The minimum absolute atomic E-state index is 0.00345. The number of hydrogen-bond donors (Lipinski definition) is 1. The Morgan fingerprint density at radius 1 is 1.09 bits per heavy atom. The Morgan fingerprint density at radius 2 is 1.70 bits per heavy atom. The number of nitro benzene ring substituents is 1. The largest absolute Gasteiger partial charge is 0.490 e. The van der Waals surface area contributed by atoms with Crippen LogP contribution in [0.25, 0.3) is 6.08 Å². The fraction of sp³-hybridized carbons (Fsp3) is 0.182. The van der Waals surface area contributed by atoms with Crippen LogP contribution in [0.4, 0.5) is 5.69 Å². The molecule has 2 aromatic carbocycles. The molecule has 0 atom stereocenters. The maximum absolute atomic E-state index is 12.4. The van der Waals surface area contributed by atoms with Gasteiger partial charge in [0.15, 0.2) is 5.84 Å². The van der Waals surface area contributed by atoms with Crippen LogP contribution in [0.15, 0.2) is 64.2 Å². The van der Waals surface area contributed by atoms with E-state index in [1.165, 1.54) is 41.0 Å². The predicted molar refractivity (Wildman–Crippen MR) is 126 cm³/mol. The Labute approximate surface area is 193 Å². The number of carbonyl (C=O) groups is 1. The molecule has 0 saturated carbocycles. The molecule has 2 heterocycles. The Bertz CT molecular complexity index is 1190. The summed E-state index contributed by atoms with van der Waals surface area (Å²) in [5.74, 6) is 0.672. The molecule has 0 aliphatic carbocycles. The van der Waals surface area contributed by atoms with Crippen LogP contribution in [0, 0.1) is 15.5 Å². The van der Waals surface area contributed by atoms with Gasteiger partial charge in [-0.1, -0.05) is 19.1 Å². The SMILES string of the molecule is CCC1=NN2C(=N)/C(=C\c3ccc(OCCOc4ccc([N+](=O)[O-])cc4)cc3)C(=O)N=C2S1. The van der Waals surface area contributed by atoms with E-state index in [-0.39, 0.29) is 30.3 Å². The summed E-state index contributed by atoms with van der Waals surface area (Å²) < 4.78 is 11.2. The maximum Gasteiger partial charge on any atom is 0.283 e. The molecule has 0 aromatic heterocycles. The quantitative estimate of drug-likeness (QED) is 0.269. The molecule has 0 unspecified atom stereocenters. The minimum Gasteiger partial charge on any atom is -0.490 e. The van der Waals surface area contributed by atoms with E-state index in [0.29, 0.717) is 23.1 Å². The number of benzene rings is 2. The third-order valence-electron chi connectivity index (χ3n) is 4.66. The fourth-order valence-corrected chi connectivity index (χ4v) is 3.81. The highest BCUT2D eigenvalue weighted by Crippen LogP contribution is 2.29. The highest BCUT2D eigenvalue weighted by molar-refractivity contribution is 8.26. The number of nitrogens with zero attached hydrogens (tertiary/aromatic N) is 4. The molecule has 10 nitrogen and oxygen atoms in total. The number of thioether (sulfide) groups is 1. The summed E-state index contributed by atoms with van der Waals surface area (Å²) in [4.78, 5) is 26.6.